The van der Waals surface area contributed by atoms with Crippen LogP contribution < -0.4 is 10.1 Å². The summed E-state index contributed by atoms with van der Waals surface area (Å²) in [6, 6.07) is 10.1. The highest BCUT2D eigenvalue weighted by atomic mass is 16.5. The molecule has 20 heavy (non-hydrogen) atoms. The number of hydrogen-bond acceptors (Lipinski definition) is 4. The van der Waals surface area contributed by atoms with Gasteiger partial charge in [-0.15, -0.1) is 0 Å². The van der Waals surface area contributed by atoms with Gasteiger partial charge in [-0.25, -0.2) is 0 Å². The molecular weight excluding hydrogens is 252 g/mol. The van der Waals surface area contributed by atoms with Gasteiger partial charge >= 0.3 is 0 Å². The average molecular weight is 274 g/mol. The fourth-order valence-corrected chi connectivity index (χ4v) is 2.36. The summed E-state index contributed by atoms with van der Waals surface area (Å²) < 4.78 is 11.0. The van der Waals surface area contributed by atoms with Crippen LogP contribution in [0.1, 0.15) is 37.8 Å². The van der Waals surface area contributed by atoms with Crippen LogP contribution in [0.5, 0.6) is 5.75 Å². The third-order valence-corrected chi connectivity index (χ3v) is 3.61. The molecule has 108 valence electrons. The van der Waals surface area contributed by atoms with E-state index in [0.29, 0.717) is 6.10 Å². The van der Waals surface area contributed by atoms with E-state index >= 15 is 0 Å². The highest BCUT2D eigenvalue weighted by Crippen LogP contribution is 2.18. The number of rotatable bonds is 6. The summed E-state index contributed by atoms with van der Waals surface area (Å²) in [6.45, 7) is 4.03. The largest absolute Gasteiger partial charge is 0.479 e. The topological polar surface area (TPSA) is 54.3 Å². The standard InChI is InChI=1S/C16H22N2O2/c1-13(18-12-16-4-2-3-10-19-16)14-5-7-15(8-6-14)20-11-9-17/h5-8,13,16,18H,2-4,10-12H2,1H3. The molecule has 0 aliphatic carbocycles. The molecule has 0 radical (unpaired) electrons. The van der Waals surface area contributed by atoms with Gasteiger partial charge in [0, 0.05) is 19.2 Å². The molecule has 1 saturated heterocycles. The number of nitrogens with one attached hydrogen (secondary N) is 1. The Balaban J connectivity index is 1.79. The molecule has 2 atom stereocenters. The summed E-state index contributed by atoms with van der Waals surface area (Å²) in [5.74, 6) is 0.734. The van der Waals surface area contributed by atoms with Gasteiger partial charge in [-0.2, -0.15) is 5.26 Å². The number of benzene rings is 1. The van der Waals surface area contributed by atoms with Gasteiger partial charge in [0.05, 0.1) is 6.10 Å². The van der Waals surface area contributed by atoms with Crippen LogP contribution in [0.25, 0.3) is 0 Å². The molecule has 0 spiro atoms. The molecule has 1 aliphatic rings. The molecule has 0 bridgehead atoms. The fourth-order valence-electron chi connectivity index (χ4n) is 2.36. The predicted octanol–water partition coefficient (Wildman–Crippen LogP) is 2.81. The second-order valence-corrected chi connectivity index (χ2v) is 5.13. The summed E-state index contributed by atoms with van der Waals surface area (Å²) >= 11 is 0. The summed E-state index contributed by atoms with van der Waals surface area (Å²) in [4.78, 5) is 0. The Bertz CT molecular complexity index is 433. The third-order valence-electron chi connectivity index (χ3n) is 3.61. The number of nitriles is 1. The Labute approximate surface area is 120 Å². The van der Waals surface area contributed by atoms with E-state index in [1.165, 1.54) is 18.4 Å². The average Bonchev–Trinajstić information content (AvgIpc) is 2.52. The van der Waals surface area contributed by atoms with Crippen molar-refractivity contribution in [2.75, 3.05) is 19.8 Å². The lowest BCUT2D eigenvalue weighted by Crippen LogP contribution is -2.33. The normalized spacial score (nSPS) is 20.1. The molecule has 4 nitrogen and oxygen atoms in total. The lowest BCUT2D eigenvalue weighted by atomic mass is 10.1. The second-order valence-electron chi connectivity index (χ2n) is 5.13. The zero-order chi connectivity index (χ0) is 14.2. The summed E-state index contributed by atoms with van der Waals surface area (Å²) in [5.41, 5.74) is 1.21. The van der Waals surface area contributed by atoms with Gasteiger partial charge in [-0.1, -0.05) is 12.1 Å². The van der Waals surface area contributed by atoms with Crippen LogP contribution >= 0.6 is 0 Å². The number of nitrogens with zero attached hydrogens (tertiary/aromatic N) is 1. The van der Waals surface area contributed by atoms with Crippen LogP contribution in [0.15, 0.2) is 24.3 Å². The van der Waals surface area contributed by atoms with Crippen LogP contribution in [-0.2, 0) is 4.74 Å². The quantitative estimate of drug-likeness (QED) is 0.866. The van der Waals surface area contributed by atoms with Crippen LogP contribution in [0, 0.1) is 11.3 Å². The van der Waals surface area contributed by atoms with Crippen molar-refractivity contribution in [3.63, 3.8) is 0 Å². The maximum atomic E-state index is 8.47. The minimum absolute atomic E-state index is 0.0895. The van der Waals surface area contributed by atoms with Crippen molar-refractivity contribution in [1.82, 2.24) is 5.32 Å². The van der Waals surface area contributed by atoms with Crippen LogP contribution in [0.3, 0.4) is 0 Å². The number of ether oxygens (including phenoxy) is 2. The first-order valence-corrected chi connectivity index (χ1v) is 7.24. The molecular formula is C16H22N2O2. The maximum absolute atomic E-state index is 8.47. The lowest BCUT2D eigenvalue weighted by Gasteiger charge is -2.25. The van der Waals surface area contributed by atoms with Crippen LogP contribution in [0.2, 0.25) is 0 Å². The zero-order valence-corrected chi connectivity index (χ0v) is 12.0. The monoisotopic (exact) mass is 274 g/mol. The van der Waals surface area contributed by atoms with E-state index in [4.69, 9.17) is 14.7 Å². The first-order chi connectivity index (χ1) is 9.79. The number of hydrogen-bond donors (Lipinski definition) is 1. The van der Waals surface area contributed by atoms with Gasteiger partial charge in [0.2, 0.25) is 0 Å². The highest BCUT2D eigenvalue weighted by molar-refractivity contribution is 5.29. The van der Waals surface area contributed by atoms with Gasteiger partial charge in [-0.05, 0) is 43.9 Å². The fraction of sp³-hybridized carbons (Fsp3) is 0.562. The van der Waals surface area contributed by atoms with Gasteiger partial charge in [0.1, 0.15) is 11.8 Å². The van der Waals surface area contributed by atoms with E-state index < -0.39 is 0 Å². The van der Waals surface area contributed by atoms with E-state index in [9.17, 15) is 0 Å². The lowest BCUT2D eigenvalue weighted by molar-refractivity contribution is 0.0156. The second kappa shape index (κ2) is 7.88. The molecule has 1 aromatic carbocycles. The zero-order valence-electron chi connectivity index (χ0n) is 12.0. The molecule has 0 amide bonds. The Morgan fingerprint density at radius 2 is 2.20 bits per heavy atom. The Kier molecular flexibility index (Phi) is 5.85. The van der Waals surface area contributed by atoms with E-state index in [1.807, 2.05) is 30.3 Å². The third kappa shape index (κ3) is 4.52. The van der Waals surface area contributed by atoms with Gasteiger partial charge < -0.3 is 14.8 Å². The van der Waals surface area contributed by atoms with Crippen LogP contribution in [0.4, 0.5) is 0 Å². The summed E-state index contributed by atoms with van der Waals surface area (Å²) in [5, 5.41) is 12.0. The minimum atomic E-state index is 0.0895. The Morgan fingerprint density at radius 3 is 2.85 bits per heavy atom. The molecule has 4 heteroatoms. The molecule has 1 aliphatic heterocycles. The van der Waals surface area contributed by atoms with Crippen molar-refractivity contribution in [3.05, 3.63) is 29.8 Å². The van der Waals surface area contributed by atoms with Gasteiger partial charge in [-0.3, -0.25) is 0 Å². The van der Waals surface area contributed by atoms with Crippen molar-refractivity contribution < 1.29 is 9.47 Å². The SMILES string of the molecule is CC(NCC1CCCCO1)c1ccc(OCC#N)cc1. The Morgan fingerprint density at radius 1 is 1.40 bits per heavy atom. The molecule has 1 heterocycles. The van der Waals surface area contributed by atoms with Crippen molar-refractivity contribution in [1.29, 1.82) is 5.26 Å². The summed E-state index contributed by atoms with van der Waals surface area (Å²) in [6.07, 6.45) is 3.96. The smallest absolute Gasteiger partial charge is 0.174 e. The summed E-state index contributed by atoms with van der Waals surface area (Å²) in [7, 11) is 0. The van der Waals surface area contributed by atoms with Crippen molar-refractivity contribution in [2.24, 2.45) is 0 Å². The molecule has 1 N–H and O–H groups in total. The molecule has 1 aromatic rings. The van der Waals surface area contributed by atoms with E-state index in [-0.39, 0.29) is 12.6 Å². The maximum Gasteiger partial charge on any atom is 0.174 e. The first-order valence-electron chi connectivity index (χ1n) is 7.24. The van der Waals surface area contributed by atoms with E-state index in [2.05, 4.69) is 12.2 Å². The van der Waals surface area contributed by atoms with Crippen molar-refractivity contribution in [3.8, 4) is 11.8 Å². The van der Waals surface area contributed by atoms with Gasteiger partial charge in [0.15, 0.2) is 6.61 Å². The minimum Gasteiger partial charge on any atom is -0.479 e. The molecule has 0 aromatic heterocycles. The van der Waals surface area contributed by atoms with E-state index in [1.54, 1.807) is 0 Å². The van der Waals surface area contributed by atoms with Crippen molar-refractivity contribution >= 4 is 0 Å². The van der Waals surface area contributed by atoms with E-state index in [0.717, 1.165) is 25.3 Å². The van der Waals surface area contributed by atoms with Crippen molar-refractivity contribution in [2.45, 2.75) is 38.3 Å². The van der Waals surface area contributed by atoms with Gasteiger partial charge in [0.25, 0.3) is 0 Å². The molecule has 0 saturated carbocycles. The molecule has 2 rings (SSSR count). The first kappa shape index (κ1) is 14.8. The highest BCUT2D eigenvalue weighted by Gasteiger charge is 2.15. The Hall–Kier alpha value is -1.57. The predicted molar refractivity (Wildman–Crippen MR) is 77.6 cm³/mol. The molecule has 1 fully saturated rings. The van der Waals surface area contributed by atoms with Crippen LogP contribution in [-0.4, -0.2) is 25.9 Å². The molecule has 2 unspecified atom stereocenters.